The predicted molar refractivity (Wildman–Crippen MR) is 142 cm³/mol. The van der Waals surface area contributed by atoms with Gasteiger partial charge < -0.3 is 13.6 Å². The van der Waals surface area contributed by atoms with Crippen molar-refractivity contribution >= 4 is 18.5 Å². The van der Waals surface area contributed by atoms with Crippen LogP contribution in [0.2, 0.25) is 0 Å². The third-order valence-electron chi connectivity index (χ3n) is 5.74. The third-order valence-corrected chi connectivity index (χ3v) is 8.19. The summed E-state index contributed by atoms with van der Waals surface area (Å²) in [6.45, 7) is 6.04. The minimum absolute atomic E-state index is 0.652. The summed E-state index contributed by atoms with van der Waals surface area (Å²) in [4.78, 5) is 0. The van der Waals surface area contributed by atoms with Crippen molar-refractivity contribution in [2.24, 2.45) is 0 Å². The Morgan fingerprint density at radius 2 is 0.645 bits per heavy atom. The molecule has 0 aromatic rings. The molecule has 0 atom stereocenters. The van der Waals surface area contributed by atoms with E-state index in [9.17, 15) is 0 Å². The SMILES string of the molecule is CCCCCCCCCCCCCCCCCCOP(=S)(OCCCC)OCCCC. The topological polar surface area (TPSA) is 27.7 Å². The normalized spacial score (nSPS) is 12.0. The largest absolute Gasteiger partial charge is 0.327 e. The molecule has 188 valence electrons. The molecule has 0 N–H and O–H groups in total. The second-order valence-corrected chi connectivity index (χ2v) is 12.0. The average Bonchev–Trinajstić information content (AvgIpc) is 2.76. The summed E-state index contributed by atoms with van der Waals surface area (Å²) in [6.07, 6.45) is 26.3. The van der Waals surface area contributed by atoms with Crippen molar-refractivity contribution < 1.29 is 13.6 Å². The Balaban J connectivity index is 3.49. The molecule has 0 aliphatic heterocycles. The van der Waals surface area contributed by atoms with Crippen LogP contribution < -0.4 is 0 Å². The summed E-state index contributed by atoms with van der Waals surface area (Å²) in [5.41, 5.74) is 0. The molecule has 0 aliphatic carbocycles. The van der Waals surface area contributed by atoms with Crippen LogP contribution in [0.3, 0.4) is 0 Å². The van der Waals surface area contributed by atoms with Gasteiger partial charge in [-0.3, -0.25) is 0 Å². The molecule has 0 aromatic carbocycles. The van der Waals surface area contributed by atoms with Gasteiger partial charge in [0, 0.05) is 0 Å². The molecular formula is C26H55O3PS. The van der Waals surface area contributed by atoms with E-state index in [2.05, 4.69) is 20.8 Å². The zero-order valence-corrected chi connectivity index (χ0v) is 23.1. The van der Waals surface area contributed by atoms with Gasteiger partial charge in [0.25, 0.3) is 0 Å². The van der Waals surface area contributed by atoms with Crippen molar-refractivity contribution in [2.45, 2.75) is 149 Å². The highest BCUT2D eigenvalue weighted by atomic mass is 32.5. The lowest BCUT2D eigenvalue weighted by molar-refractivity contribution is 0.152. The molecule has 3 nitrogen and oxygen atoms in total. The fourth-order valence-corrected chi connectivity index (χ4v) is 5.53. The molecule has 31 heavy (non-hydrogen) atoms. The van der Waals surface area contributed by atoms with E-state index in [1.54, 1.807) is 0 Å². The first-order valence-corrected chi connectivity index (χ1v) is 16.3. The van der Waals surface area contributed by atoms with E-state index in [1.165, 1.54) is 96.3 Å². The van der Waals surface area contributed by atoms with E-state index in [4.69, 9.17) is 25.4 Å². The molecule has 0 unspecified atom stereocenters. The van der Waals surface area contributed by atoms with Gasteiger partial charge in [-0.1, -0.05) is 130 Å². The summed E-state index contributed by atoms with van der Waals surface area (Å²) < 4.78 is 17.6. The second kappa shape index (κ2) is 25.2. The van der Waals surface area contributed by atoms with Crippen LogP contribution in [0, 0.1) is 0 Å². The van der Waals surface area contributed by atoms with Crippen molar-refractivity contribution in [3.8, 4) is 0 Å². The van der Waals surface area contributed by atoms with Gasteiger partial charge in [0.15, 0.2) is 0 Å². The number of rotatable bonds is 26. The van der Waals surface area contributed by atoms with Crippen LogP contribution in [0.15, 0.2) is 0 Å². The van der Waals surface area contributed by atoms with Crippen LogP contribution in [0.1, 0.15) is 149 Å². The molecule has 0 saturated carbocycles. The van der Waals surface area contributed by atoms with E-state index in [0.29, 0.717) is 19.8 Å². The smallest absolute Gasteiger partial charge is 0.309 e. The number of unbranched alkanes of at least 4 members (excludes halogenated alkanes) is 17. The van der Waals surface area contributed by atoms with Crippen LogP contribution in [-0.2, 0) is 25.4 Å². The second-order valence-electron chi connectivity index (χ2n) is 8.96. The standard InChI is InChI=1S/C26H55O3PS/c1-4-7-10-11-12-13-14-15-16-17-18-19-20-21-22-23-26-29-30(31,27-24-8-5-2)28-25-9-6-3/h4-26H2,1-3H3. The predicted octanol–water partition coefficient (Wildman–Crippen LogP) is 10.1. The lowest BCUT2D eigenvalue weighted by atomic mass is 10.0. The Bertz CT molecular complexity index is 379. The lowest BCUT2D eigenvalue weighted by Gasteiger charge is -2.21. The third kappa shape index (κ3) is 23.5. The molecule has 0 amide bonds. The monoisotopic (exact) mass is 478 g/mol. The minimum atomic E-state index is -2.54. The van der Waals surface area contributed by atoms with E-state index >= 15 is 0 Å². The molecule has 0 aliphatic rings. The molecule has 0 bridgehead atoms. The Kier molecular flexibility index (Phi) is 25.6. The van der Waals surface area contributed by atoms with Crippen molar-refractivity contribution in [3.63, 3.8) is 0 Å². The van der Waals surface area contributed by atoms with E-state index < -0.39 is 6.72 Å². The zero-order valence-electron chi connectivity index (χ0n) is 21.3. The number of hydrogen-bond acceptors (Lipinski definition) is 4. The minimum Gasteiger partial charge on any atom is -0.309 e. The lowest BCUT2D eigenvalue weighted by Crippen LogP contribution is -2.03. The van der Waals surface area contributed by atoms with Crippen LogP contribution in [0.25, 0.3) is 0 Å². The first-order valence-electron chi connectivity index (χ1n) is 13.7. The Morgan fingerprint density at radius 1 is 0.387 bits per heavy atom. The summed E-state index contributed by atoms with van der Waals surface area (Å²) in [5, 5.41) is 0. The molecule has 0 heterocycles. The summed E-state index contributed by atoms with van der Waals surface area (Å²) >= 11 is 5.58. The van der Waals surface area contributed by atoms with Crippen LogP contribution in [-0.4, -0.2) is 19.8 Å². The molecule has 0 rings (SSSR count). The molecule has 0 saturated heterocycles. The van der Waals surface area contributed by atoms with Gasteiger partial charge in [0.2, 0.25) is 0 Å². The zero-order chi connectivity index (χ0) is 22.9. The van der Waals surface area contributed by atoms with Crippen molar-refractivity contribution in [3.05, 3.63) is 0 Å². The molecular weight excluding hydrogens is 423 g/mol. The van der Waals surface area contributed by atoms with E-state index in [1.807, 2.05) is 0 Å². The maximum absolute atomic E-state index is 5.92. The highest BCUT2D eigenvalue weighted by Gasteiger charge is 2.20. The van der Waals surface area contributed by atoms with E-state index in [-0.39, 0.29) is 0 Å². The van der Waals surface area contributed by atoms with E-state index in [0.717, 1.165) is 32.1 Å². The number of hydrogen-bond donors (Lipinski definition) is 0. The van der Waals surface area contributed by atoms with Gasteiger partial charge in [0.1, 0.15) is 0 Å². The Hall–Kier alpha value is 0.530. The van der Waals surface area contributed by atoms with Gasteiger partial charge in [-0.2, -0.15) is 0 Å². The molecule has 5 heteroatoms. The van der Waals surface area contributed by atoms with Gasteiger partial charge in [-0.25, -0.2) is 0 Å². The molecule has 0 radical (unpaired) electrons. The van der Waals surface area contributed by atoms with Gasteiger partial charge >= 0.3 is 6.72 Å². The fourth-order valence-electron chi connectivity index (χ4n) is 3.58. The fraction of sp³-hybridized carbons (Fsp3) is 1.00. The van der Waals surface area contributed by atoms with Crippen LogP contribution in [0.4, 0.5) is 0 Å². The quantitative estimate of drug-likeness (QED) is 0.0912. The Labute approximate surface area is 201 Å². The average molecular weight is 479 g/mol. The van der Waals surface area contributed by atoms with Crippen molar-refractivity contribution in [1.82, 2.24) is 0 Å². The first-order chi connectivity index (χ1) is 15.2. The van der Waals surface area contributed by atoms with Gasteiger partial charge in [-0.05, 0) is 31.1 Å². The maximum atomic E-state index is 5.92. The highest BCUT2D eigenvalue weighted by molar-refractivity contribution is 8.07. The van der Waals surface area contributed by atoms with Gasteiger partial charge in [0.05, 0.1) is 19.8 Å². The molecule has 0 spiro atoms. The first kappa shape index (κ1) is 31.5. The summed E-state index contributed by atoms with van der Waals surface area (Å²) in [7, 11) is 0. The summed E-state index contributed by atoms with van der Waals surface area (Å²) in [6, 6.07) is 0. The Morgan fingerprint density at radius 3 is 0.968 bits per heavy atom. The van der Waals surface area contributed by atoms with Gasteiger partial charge in [-0.15, -0.1) is 0 Å². The summed E-state index contributed by atoms with van der Waals surface area (Å²) in [5.74, 6) is 0. The maximum Gasteiger partial charge on any atom is 0.327 e. The molecule has 0 fully saturated rings. The highest BCUT2D eigenvalue weighted by Crippen LogP contribution is 2.50. The van der Waals surface area contributed by atoms with Crippen molar-refractivity contribution in [2.75, 3.05) is 19.8 Å². The van der Waals surface area contributed by atoms with Crippen LogP contribution >= 0.6 is 6.72 Å². The molecule has 0 aromatic heterocycles. The van der Waals surface area contributed by atoms with Crippen LogP contribution in [0.5, 0.6) is 0 Å². The van der Waals surface area contributed by atoms with Crippen molar-refractivity contribution in [1.29, 1.82) is 0 Å².